The van der Waals surface area contributed by atoms with Crippen LogP contribution in [0.3, 0.4) is 0 Å². The number of rotatable bonds is 0. The van der Waals surface area contributed by atoms with Crippen LogP contribution in [0.2, 0.25) is 0 Å². The Morgan fingerprint density at radius 1 is 1.00 bits per heavy atom. The van der Waals surface area contributed by atoms with Crippen LogP contribution in [-0.4, -0.2) is 29.6 Å². The fourth-order valence-electron chi connectivity index (χ4n) is 0. The first kappa shape index (κ1) is 22.3. The van der Waals surface area contributed by atoms with E-state index in [-0.39, 0.29) is 35.7 Å². The van der Waals surface area contributed by atoms with Gasteiger partial charge in [-0.25, -0.2) is 0 Å². The standard InChI is InChI=1S/C2H4.H3N.Na.H/c1-2;;;/h1-2H2;1H3;;. The molecule has 4 heavy (non-hydrogen) atoms. The predicted octanol–water partition coefficient (Wildman–Crippen LogP) is 0.316. The Kier molecular flexibility index (Phi) is 306. The summed E-state index contributed by atoms with van der Waals surface area (Å²) in [5, 5.41) is 0. The molecule has 0 saturated heterocycles. The van der Waals surface area contributed by atoms with Gasteiger partial charge in [0.25, 0.3) is 0 Å². The maximum absolute atomic E-state index is 3.00. The van der Waals surface area contributed by atoms with E-state index in [4.69, 9.17) is 0 Å². The molecule has 0 bridgehead atoms. The fourth-order valence-corrected chi connectivity index (χ4v) is 0. The minimum absolute atomic E-state index is 0. The van der Waals surface area contributed by atoms with Crippen LogP contribution in [0.15, 0.2) is 13.2 Å². The Hall–Kier alpha value is 0.700. The van der Waals surface area contributed by atoms with E-state index >= 15 is 0 Å². The van der Waals surface area contributed by atoms with Gasteiger partial charge < -0.3 is 6.15 Å². The van der Waals surface area contributed by atoms with E-state index in [0.29, 0.717) is 0 Å². The second-order valence-electron chi connectivity index (χ2n) is 0. The van der Waals surface area contributed by atoms with Crippen molar-refractivity contribution in [1.29, 1.82) is 0 Å². The van der Waals surface area contributed by atoms with Gasteiger partial charge in [0.15, 0.2) is 0 Å². The van der Waals surface area contributed by atoms with Crippen molar-refractivity contribution in [2.45, 2.75) is 0 Å². The molecular formula is C2H8NNa. The second-order valence-corrected chi connectivity index (χ2v) is 0. The van der Waals surface area contributed by atoms with Crippen LogP contribution >= 0.6 is 0 Å². The van der Waals surface area contributed by atoms with Crippen molar-refractivity contribution in [3.63, 3.8) is 0 Å². The van der Waals surface area contributed by atoms with Crippen LogP contribution in [-0.2, 0) is 0 Å². The van der Waals surface area contributed by atoms with Gasteiger partial charge in [-0.15, -0.1) is 13.2 Å². The van der Waals surface area contributed by atoms with Gasteiger partial charge in [-0.05, 0) is 0 Å². The molecule has 0 aliphatic heterocycles. The zero-order chi connectivity index (χ0) is 2.00. The van der Waals surface area contributed by atoms with E-state index in [2.05, 4.69) is 13.2 Å². The fraction of sp³-hybridized carbons (Fsp3) is 0. The van der Waals surface area contributed by atoms with Gasteiger partial charge >= 0.3 is 29.6 Å². The Balaban J connectivity index is -0.00000000500. The molecule has 0 fully saturated rings. The molecule has 0 atom stereocenters. The molecule has 0 heterocycles. The third-order valence-electron chi connectivity index (χ3n) is 0. The zero-order valence-electron chi connectivity index (χ0n) is 2.12. The molecule has 0 saturated carbocycles. The van der Waals surface area contributed by atoms with E-state index in [9.17, 15) is 0 Å². The van der Waals surface area contributed by atoms with E-state index in [0.717, 1.165) is 0 Å². The molecule has 0 aromatic carbocycles. The Morgan fingerprint density at radius 2 is 1.00 bits per heavy atom. The van der Waals surface area contributed by atoms with Crippen molar-refractivity contribution >= 4 is 29.6 Å². The molecular weight excluding hydrogens is 61.0 g/mol. The Labute approximate surface area is 49.0 Å². The van der Waals surface area contributed by atoms with Crippen molar-refractivity contribution in [1.82, 2.24) is 6.15 Å². The molecule has 0 rings (SSSR count). The summed E-state index contributed by atoms with van der Waals surface area (Å²) in [6.07, 6.45) is 0. The summed E-state index contributed by atoms with van der Waals surface area (Å²) < 4.78 is 0. The van der Waals surface area contributed by atoms with Gasteiger partial charge in [0.05, 0.1) is 0 Å². The summed E-state index contributed by atoms with van der Waals surface area (Å²) in [5.74, 6) is 0. The van der Waals surface area contributed by atoms with Gasteiger partial charge in [-0.3, -0.25) is 0 Å². The first-order chi connectivity index (χ1) is 1.00. The third-order valence-corrected chi connectivity index (χ3v) is 0. The van der Waals surface area contributed by atoms with E-state index in [1.54, 1.807) is 0 Å². The van der Waals surface area contributed by atoms with Crippen LogP contribution in [0.1, 0.15) is 0 Å². The molecule has 0 aromatic heterocycles. The SMILES string of the molecule is C=C.N.[NaH]. The molecule has 0 amide bonds. The Morgan fingerprint density at radius 3 is 1.00 bits per heavy atom. The van der Waals surface area contributed by atoms with E-state index in [1.165, 1.54) is 0 Å². The van der Waals surface area contributed by atoms with Gasteiger partial charge in [0, 0.05) is 0 Å². The monoisotopic (exact) mass is 69.1 g/mol. The van der Waals surface area contributed by atoms with Crippen LogP contribution < -0.4 is 6.15 Å². The summed E-state index contributed by atoms with van der Waals surface area (Å²) in [7, 11) is 0. The molecule has 0 unspecified atom stereocenters. The van der Waals surface area contributed by atoms with Crippen LogP contribution in [0.4, 0.5) is 0 Å². The number of hydrogen-bond acceptors (Lipinski definition) is 1. The first-order valence-corrected chi connectivity index (χ1v) is 0.500. The summed E-state index contributed by atoms with van der Waals surface area (Å²) in [5.41, 5.74) is 0. The quantitative estimate of drug-likeness (QED) is 0.322. The molecule has 22 valence electrons. The third kappa shape index (κ3) is 15.9. The van der Waals surface area contributed by atoms with Gasteiger partial charge in [-0.2, -0.15) is 0 Å². The van der Waals surface area contributed by atoms with Crippen molar-refractivity contribution < 1.29 is 0 Å². The molecule has 3 N–H and O–H groups in total. The zero-order valence-corrected chi connectivity index (χ0v) is 2.12. The second kappa shape index (κ2) is 55.0. The van der Waals surface area contributed by atoms with E-state index < -0.39 is 0 Å². The summed E-state index contributed by atoms with van der Waals surface area (Å²) >= 11 is 0. The maximum atomic E-state index is 3.00. The number of hydrogen-bond donors (Lipinski definition) is 1. The molecule has 0 radical (unpaired) electrons. The molecule has 2 heteroatoms. The average molecular weight is 69.1 g/mol. The van der Waals surface area contributed by atoms with E-state index in [1.807, 2.05) is 0 Å². The first-order valence-electron chi connectivity index (χ1n) is 0.500. The van der Waals surface area contributed by atoms with Gasteiger partial charge in [-0.1, -0.05) is 0 Å². The molecule has 0 aliphatic carbocycles. The van der Waals surface area contributed by atoms with Crippen LogP contribution in [0.25, 0.3) is 0 Å². The van der Waals surface area contributed by atoms with Crippen LogP contribution in [0.5, 0.6) is 0 Å². The van der Waals surface area contributed by atoms with Gasteiger partial charge in [0.2, 0.25) is 0 Å². The molecule has 0 aliphatic rings. The predicted molar refractivity (Wildman–Crippen MR) is 23.4 cm³/mol. The van der Waals surface area contributed by atoms with Crippen molar-refractivity contribution in [3.05, 3.63) is 13.2 Å². The van der Waals surface area contributed by atoms with Crippen molar-refractivity contribution in [3.8, 4) is 0 Å². The van der Waals surface area contributed by atoms with Crippen molar-refractivity contribution in [2.24, 2.45) is 0 Å². The Bertz CT molecular complexity index is 6.00. The minimum atomic E-state index is 0. The molecule has 0 aromatic rings. The van der Waals surface area contributed by atoms with Crippen molar-refractivity contribution in [2.75, 3.05) is 0 Å². The molecule has 0 spiro atoms. The summed E-state index contributed by atoms with van der Waals surface area (Å²) in [4.78, 5) is 0. The topological polar surface area (TPSA) is 35.0 Å². The summed E-state index contributed by atoms with van der Waals surface area (Å²) in [6, 6.07) is 0. The normalized spacial score (nSPS) is 1.00. The average Bonchev–Trinajstić information content (AvgIpc) is 1.00. The molecule has 1 nitrogen and oxygen atoms in total. The van der Waals surface area contributed by atoms with Gasteiger partial charge in [0.1, 0.15) is 0 Å². The van der Waals surface area contributed by atoms with Crippen LogP contribution in [0, 0.1) is 0 Å². The summed E-state index contributed by atoms with van der Waals surface area (Å²) in [6.45, 7) is 6.00.